The molecule has 0 aliphatic carbocycles. The Morgan fingerprint density at radius 2 is 1.65 bits per heavy atom. The summed E-state index contributed by atoms with van der Waals surface area (Å²) >= 11 is 1.47. The minimum absolute atomic E-state index is 0.335. The van der Waals surface area contributed by atoms with Gasteiger partial charge in [0, 0.05) is 10.5 Å². The monoisotopic (exact) mass is 332 g/mol. The third-order valence-electron chi connectivity index (χ3n) is 3.51. The minimum atomic E-state index is -0.467. The van der Waals surface area contributed by atoms with E-state index >= 15 is 0 Å². The van der Waals surface area contributed by atoms with Crippen LogP contribution in [0.25, 0.3) is 0 Å². The number of esters is 1. The van der Waals surface area contributed by atoms with Gasteiger partial charge in [-0.25, -0.2) is 4.79 Å². The maximum absolute atomic E-state index is 12.2. The zero-order valence-electron chi connectivity index (χ0n) is 13.0. The van der Waals surface area contributed by atoms with Gasteiger partial charge in [-0.3, -0.25) is 0 Å². The van der Waals surface area contributed by atoms with Crippen molar-refractivity contribution in [2.45, 2.75) is 10.3 Å². The lowest BCUT2D eigenvalue weighted by Crippen LogP contribution is -2.15. The first-order valence-corrected chi connectivity index (χ1v) is 7.82. The molecule has 1 heterocycles. The Kier molecular flexibility index (Phi) is 4.34. The highest BCUT2D eigenvalue weighted by Crippen LogP contribution is 2.47. The van der Waals surface area contributed by atoms with Gasteiger partial charge in [0.1, 0.15) is 0 Å². The van der Waals surface area contributed by atoms with Crippen molar-refractivity contribution in [3.05, 3.63) is 47.5 Å². The number of hydrogen-bond donors (Lipinski definition) is 0. The van der Waals surface area contributed by atoms with Gasteiger partial charge >= 0.3 is 5.97 Å². The molecule has 0 saturated heterocycles. The predicted molar refractivity (Wildman–Crippen MR) is 86.6 cm³/mol. The van der Waals surface area contributed by atoms with Crippen LogP contribution in [0.1, 0.15) is 21.4 Å². The lowest BCUT2D eigenvalue weighted by atomic mass is 10.1. The Balaban J connectivity index is 2.01. The molecular formula is C17H16O5S. The number of benzene rings is 2. The van der Waals surface area contributed by atoms with E-state index in [1.807, 2.05) is 18.2 Å². The molecule has 0 fully saturated rings. The molecular weight excluding hydrogens is 316 g/mol. The number of fused-ring (bicyclic) bond motifs is 1. The van der Waals surface area contributed by atoms with E-state index in [9.17, 15) is 4.79 Å². The lowest BCUT2D eigenvalue weighted by molar-refractivity contribution is 0.0439. The lowest BCUT2D eigenvalue weighted by Gasteiger charge is -2.25. The number of hydrogen-bond acceptors (Lipinski definition) is 6. The zero-order valence-corrected chi connectivity index (χ0v) is 13.8. The minimum Gasteiger partial charge on any atom is -0.493 e. The molecule has 23 heavy (non-hydrogen) atoms. The Hall–Kier alpha value is -2.34. The van der Waals surface area contributed by atoms with E-state index in [-0.39, 0.29) is 5.97 Å². The number of rotatable bonds is 4. The van der Waals surface area contributed by atoms with Crippen molar-refractivity contribution in [3.8, 4) is 17.2 Å². The van der Waals surface area contributed by atoms with E-state index in [2.05, 4.69) is 0 Å². The zero-order chi connectivity index (χ0) is 16.4. The third-order valence-corrected chi connectivity index (χ3v) is 4.71. The average Bonchev–Trinajstić information content (AvgIpc) is 2.60. The summed E-state index contributed by atoms with van der Waals surface area (Å²) in [6, 6.07) is 11.0. The van der Waals surface area contributed by atoms with Crippen molar-refractivity contribution in [2.24, 2.45) is 0 Å². The number of cyclic esters (lactones) is 1. The fraction of sp³-hybridized carbons (Fsp3) is 0.235. The van der Waals surface area contributed by atoms with Crippen LogP contribution in [0.5, 0.6) is 17.2 Å². The summed E-state index contributed by atoms with van der Waals surface area (Å²) in [6.07, 6.45) is 0. The molecule has 2 aromatic carbocycles. The van der Waals surface area contributed by atoms with Crippen LogP contribution in [0.2, 0.25) is 0 Å². The van der Waals surface area contributed by atoms with Gasteiger partial charge in [0.25, 0.3) is 0 Å². The van der Waals surface area contributed by atoms with Crippen LogP contribution in [0.15, 0.2) is 41.3 Å². The fourth-order valence-corrected chi connectivity index (χ4v) is 3.49. The van der Waals surface area contributed by atoms with E-state index in [1.165, 1.54) is 11.8 Å². The molecule has 6 heteroatoms. The second-order valence-electron chi connectivity index (χ2n) is 4.81. The van der Waals surface area contributed by atoms with E-state index < -0.39 is 5.44 Å². The molecule has 2 aromatic rings. The third kappa shape index (κ3) is 2.82. The first-order chi connectivity index (χ1) is 11.2. The van der Waals surface area contributed by atoms with Crippen molar-refractivity contribution < 1.29 is 23.7 Å². The molecule has 0 amide bonds. The molecule has 0 saturated carbocycles. The number of ether oxygens (including phenoxy) is 4. The Bertz CT molecular complexity index is 719. The first-order valence-electron chi connectivity index (χ1n) is 6.94. The molecule has 120 valence electrons. The normalized spacial score (nSPS) is 16.3. The van der Waals surface area contributed by atoms with Crippen LogP contribution in [0, 0.1) is 0 Å². The van der Waals surface area contributed by atoms with Crippen LogP contribution in [0.4, 0.5) is 0 Å². The maximum Gasteiger partial charge on any atom is 0.340 e. The molecule has 0 radical (unpaired) electrons. The maximum atomic E-state index is 12.2. The van der Waals surface area contributed by atoms with Crippen LogP contribution in [-0.2, 0) is 4.74 Å². The van der Waals surface area contributed by atoms with E-state index in [1.54, 1.807) is 39.5 Å². The van der Waals surface area contributed by atoms with Gasteiger partial charge < -0.3 is 18.9 Å². The molecule has 5 nitrogen and oxygen atoms in total. The van der Waals surface area contributed by atoms with Gasteiger partial charge in [0.2, 0.25) is 5.75 Å². The second kappa shape index (κ2) is 6.42. The average molecular weight is 332 g/mol. The van der Waals surface area contributed by atoms with Crippen molar-refractivity contribution in [1.29, 1.82) is 0 Å². The quantitative estimate of drug-likeness (QED) is 0.796. The topological polar surface area (TPSA) is 54.0 Å². The van der Waals surface area contributed by atoms with E-state index in [0.717, 1.165) is 10.5 Å². The van der Waals surface area contributed by atoms with Gasteiger partial charge in [0.05, 0.1) is 26.9 Å². The molecule has 0 spiro atoms. The summed E-state index contributed by atoms with van der Waals surface area (Å²) in [5.74, 6) is 1.22. The summed E-state index contributed by atoms with van der Waals surface area (Å²) in [5, 5.41) is 0. The molecule has 1 aliphatic heterocycles. The SMILES string of the molecule is COc1cc([C@H]2OC(=O)c3ccccc3S2)cc(OC)c1OC. The smallest absolute Gasteiger partial charge is 0.340 e. The van der Waals surface area contributed by atoms with Crippen molar-refractivity contribution >= 4 is 17.7 Å². The molecule has 3 rings (SSSR count). The van der Waals surface area contributed by atoms with Crippen molar-refractivity contribution in [1.82, 2.24) is 0 Å². The standard InChI is InChI=1S/C17H16O5S/c1-19-12-8-10(9-13(20-2)15(12)21-3)17-22-16(18)11-6-4-5-7-14(11)23-17/h4-9,17H,1-3H3/t17-/m0/s1. The first kappa shape index (κ1) is 15.6. The Morgan fingerprint density at radius 1 is 1.00 bits per heavy atom. The summed E-state index contributed by atoms with van der Waals surface area (Å²) in [4.78, 5) is 13.1. The van der Waals surface area contributed by atoms with Crippen LogP contribution < -0.4 is 14.2 Å². The highest BCUT2D eigenvalue weighted by atomic mass is 32.2. The predicted octanol–water partition coefficient (Wildman–Crippen LogP) is 3.67. The molecule has 0 bridgehead atoms. The van der Waals surface area contributed by atoms with Gasteiger partial charge in [-0.2, -0.15) is 0 Å². The van der Waals surface area contributed by atoms with E-state index in [4.69, 9.17) is 18.9 Å². The molecule has 0 N–H and O–H groups in total. The summed E-state index contributed by atoms with van der Waals surface area (Å²) in [5.41, 5.74) is 0.889. The number of methoxy groups -OCH3 is 3. The van der Waals surface area contributed by atoms with Gasteiger partial charge in [-0.1, -0.05) is 23.9 Å². The largest absolute Gasteiger partial charge is 0.493 e. The Morgan fingerprint density at radius 3 is 2.26 bits per heavy atom. The van der Waals surface area contributed by atoms with Crippen molar-refractivity contribution in [3.63, 3.8) is 0 Å². The van der Waals surface area contributed by atoms with Crippen molar-refractivity contribution in [2.75, 3.05) is 21.3 Å². The van der Waals surface area contributed by atoms with Gasteiger partial charge in [-0.15, -0.1) is 0 Å². The van der Waals surface area contributed by atoms with Gasteiger partial charge in [-0.05, 0) is 24.3 Å². The van der Waals surface area contributed by atoms with E-state index in [0.29, 0.717) is 22.8 Å². The second-order valence-corrected chi connectivity index (χ2v) is 5.91. The highest BCUT2D eigenvalue weighted by Gasteiger charge is 2.29. The van der Waals surface area contributed by atoms with Gasteiger partial charge in [0.15, 0.2) is 16.9 Å². The van der Waals surface area contributed by atoms with Crippen LogP contribution in [-0.4, -0.2) is 27.3 Å². The number of carbonyl (C=O) groups excluding carboxylic acids is 1. The van der Waals surface area contributed by atoms with Crippen LogP contribution >= 0.6 is 11.8 Å². The van der Waals surface area contributed by atoms with Crippen LogP contribution in [0.3, 0.4) is 0 Å². The molecule has 1 aliphatic rings. The Labute approximate surface area is 138 Å². The molecule has 1 atom stereocenters. The summed E-state index contributed by atoms with van der Waals surface area (Å²) in [7, 11) is 4.65. The fourth-order valence-electron chi connectivity index (χ4n) is 2.41. The molecule has 0 unspecified atom stereocenters. The summed E-state index contributed by atoms with van der Waals surface area (Å²) in [6.45, 7) is 0. The molecule has 0 aromatic heterocycles. The summed E-state index contributed by atoms with van der Waals surface area (Å²) < 4.78 is 21.6. The highest BCUT2D eigenvalue weighted by molar-refractivity contribution is 7.99. The number of carbonyl (C=O) groups is 1. The number of thioether (sulfide) groups is 1.